The van der Waals surface area contributed by atoms with Crippen molar-refractivity contribution in [1.29, 1.82) is 0 Å². The molecule has 0 bridgehead atoms. The highest BCUT2D eigenvalue weighted by Gasteiger charge is 2.20. The third-order valence-corrected chi connectivity index (χ3v) is 4.79. The number of para-hydroxylation sites is 1. The minimum Gasteiger partial charge on any atom is -0.378 e. The second-order valence-electron chi connectivity index (χ2n) is 6.46. The lowest BCUT2D eigenvalue weighted by Gasteiger charge is -2.20. The van der Waals surface area contributed by atoms with Crippen LogP contribution in [0.1, 0.15) is 24.8 Å². The van der Waals surface area contributed by atoms with Crippen LogP contribution in [0.2, 0.25) is 0 Å². The summed E-state index contributed by atoms with van der Waals surface area (Å²) in [5.74, 6) is 0.0289. The monoisotopic (exact) mass is 322 g/mol. The van der Waals surface area contributed by atoms with E-state index in [1.165, 1.54) is 11.3 Å². The first kappa shape index (κ1) is 15.2. The van der Waals surface area contributed by atoms with Gasteiger partial charge in [0.2, 0.25) is 5.91 Å². The standard InChI is InChI=1S/C20H22N2O2/c23-20(14-18-5-3-13-24-18)21-16-7-9-17(10-8-16)22-12-11-15-4-1-2-6-19(15)22/h1-2,4,6-10,18H,3,5,11-14H2,(H,21,23)/t18-/m0/s1. The molecule has 1 N–H and O–H groups in total. The van der Waals surface area contributed by atoms with Crippen LogP contribution >= 0.6 is 0 Å². The van der Waals surface area contributed by atoms with E-state index in [-0.39, 0.29) is 12.0 Å². The van der Waals surface area contributed by atoms with Crippen molar-refractivity contribution in [3.8, 4) is 0 Å². The van der Waals surface area contributed by atoms with Crippen molar-refractivity contribution in [1.82, 2.24) is 0 Å². The summed E-state index contributed by atoms with van der Waals surface area (Å²) in [5.41, 5.74) is 4.69. The van der Waals surface area contributed by atoms with Gasteiger partial charge in [-0.25, -0.2) is 0 Å². The molecule has 2 aliphatic heterocycles. The second kappa shape index (κ2) is 6.65. The molecule has 4 nitrogen and oxygen atoms in total. The smallest absolute Gasteiger partial charge is 0.226 e. The zero-order valence-corrected chi connectivity index (χ0v) is 13.7. The third-order valence-electron chi connectivity index (χ3n) is 4.79. The number of carbonyl (C=O) groups excluding carboxylic acids is 1. The Balaban J connectivity index is 1.41. The minimum atomic E-state index is 0.0289. The van der Waals surface area contributed by atoms with E-state index in [1.807, 2.05) is 12.1 Å². The van der Waals surface area contributed by atoms with E-state index in [1.54, 1.807) is 0 Å². The number of nitrogens with zero attached hydrogens (tertiary/aromatic N) is 1. The van der Waals surface area contributed by atoms with E-state index in [0.29, 0.717) is 6.42 Å². The Bertz CT molecular complexity index is 721. The van der Waals surface area contributed by atoms with Crippen molar-refractivity contribution in [3.63, 3.8) is 0 Å². The first-order valence-corrected chi connectivity index (χ1v) is 8.66. The van der Waals surface area contributed by atoms with Crippen LogP contribution in [0.5, 0.6) is 0 Å². The highest BCUT2D eigenvalue weighted by Crippen LogP contribution is 2.34. The molecule has 1 amide bonds. The van der Waals surface area contributed by atoms with Crippen molar-refractivity contribution >= 4 is 23.0 Å². The van der Waals surface area contributed by atoms with Crippen molar-refractivity contribution in [2.75, 3.05) is 23.4 Å². The molecule has 4 rings (SSSR count). The molecule has 4 heteroatoms. The van der Waals surface area contributed by atoms with E-state index in [0.717, 1.165) is 43.8 Å². The Morgan fingerprint density at radius 3 is 2.79 bits per heavy atom. The fourth-order valence-corrected chi connectivity index (χ4v) is 3.56. The lowest BCUT2D eigenvalue weighted by atomic mass is 10.1. The molecule has 0 aromatic heterocycles. The summed E-state index contributed by atoms with van der Waals surface area (Å²) in [5, 5.41) is 2.97. The fraction of sp³-hybridized carbons (Fsp3) is 0.350. The van der Waals surface area contributed by atoms with Gasteiger partial charge in [-0.1, -0.05) is 18.2 Å². The van der Waals surface area contributed by atoms with Crippen LogP contribution in [0.25, 0.3) is 0 Å². The van der Waals surface area contributed by atoms with Crippen molar-refractivity contribution in [2.24, 2.45) is 0 Å². The molecule has 24 heavy (non-hydrogen) atoms. The summed E-state index contributed by atoms with van der Waals surface area (Å²) >= 11 is 0. The molecule has 0 saturated carbocycles. The number of rotatable bonds is 4. The Morgan fingerprint density at radius 1 is 1.17 bits per heavy atom. The van der Waals surface area contributed by atoms with E-state index >= 15 is 0 Å². The molecule has 2 aliphatic rings. The average molecular weight is 322 g/mol. The number of hydrogen-bond acceptors (Lipinski definition) is 3. The summed E-state index contributed by atoms with van der Waals surface area (Å²) in [6, 6.07) is 16.6. The van der Waals surface area contributed by atoms with Gasteiger partial charge in [0.05, 0.1) is 12.5 Å². The molecule has 1 fully saturated rings. The first-order valence-electron chi connectivity index (χ1n) is 8.66. The highest BCUT2D eigenvalue weighted by atomic mass is 16.5. The lowest BCUT2D eigenvalue weighted by Crippen LogP contribution is -2.19. The normalized spacial score (nSPS) is 19.3. The number of benzene rings is 2. The third kappa shape index (κ3) is 3.15. The van der Waals surface area contributed by atoms with Crippen LogP contribution in [0, 0.1) is 0 Å². The number of hydrogen-bond donors (Lipinski definition) is 1. The Hall–Kier alpha value is -2.33. The van der Waals surface area contributed by atoms with Crippen LogP contribution in [0.4, 0.5) is 17.1 Å². The second-order valence-corrected chi connectivity index (χ2v) is 6.46. The Labute approximate surface area is 142 Å². The van der Waals surface area contributed by atoms with Crippen molar-refractivity contribution in [3.05, 3.63) is 54.1 Å². The zero-order valence-electron chi connectivity index (χ0n) is 13.7. The van der Waals surface area contributed by atoms with Crippen LogP contribution in [-0.2, 0) is 16.0 Å². The van der Waals surface area contributed by atoms with Crippen LogP contribution in [-0.4, -0.2) is 25.2 Å². The van der Waals surface area contributed by atoms with Gasteiger partial charge in [0.25, 0.3) is 0 Å². The quantitative estimate of drug-likeness (QED) is 0.928. The first-order chi connectivity index (χ1) is 11.8. The SMILES string of the molecule is O=C(C[C@@H]1CCCO1)Nc1ccc(N2CCc3ccccc32)cc1. The van der Waals surface area contributed by atoms with Gasteiger partial charge in [0.1, 0.15) is 0 Å². The summed E-state index contributed by atoms with van der Waals surface area (Å²) in [6.45, 7) is 1.79. The zero-order chi connectivity index (χ0) is 16.4. The molecule has 0 radical (unpaired) electrons. The van der Waals surface area contributed by atoms with Crippen LogP contribution < -0.4 is 10.2 Å². The van der Waals surface area contributed by atoms with Gasteiger partial charge >= 0.3 is 0 Å². The molecule has 2 aromatic rings. The van der Waals surface area contributed by atoms with E-state index in [9.17, 15) is 4.79 Å². The Kier molecular flexibility index (Phi) is 4.22. The predicted octanol–water partition coefficient (Wildman–Crippen LogP) is 3.89. The number of ether oxygens (including phenoxy) is 1. The highest BCUT2D eigenvalue weighted by molar-refractivity contribution is 5.91. The van der Waals surface area contributed by atoms with Gasteiger partial charge in [0.15, 0.2) is 0 Å². The topological polar surface area (TPSA) is 41.6 Å². The Morgan fingerprint density at radius 2 is 2.00 bits per heavy atom. The number of amides is 1. The molecule has 0 aliphatic carbocycles. The van der Waals surface area contributed by atoms with Crippen molar-refractivity contribution in [2.45, 2.75) is 31.8 Å². The maximum atomic E-state index is 12.1. The van der Waals surface area contributed by atoms with Crippen LogP contribution in [0.3, 0.4) is 0 Å². The number of anilines is 3. The number of fused-ring (bicyclic) bond motifs is 1. The summed E-state index contributed by atoms with van der Waals surface area (Å²) in [7, 11) is 0. The molecule has 2 heterocycles. The van der Waals surface area contributed by atoms with Crippen molar-refractivity contribution < 1.29 is 9.53 Å². The fourth-order valence-electron chi connectivity index (χ4n) is 3.56. The number of nitrogens with one attached hydrogen (secondary N) is 1. The summed E-state index contributed by atoms with van der Waals surface area (Å²) in [6.07, 6.45) is 3.66. The average Bonchev–Trinajstić information content (AvgIpc) is 3.25. The molecule has 0 unspecified atom stereocenters. The van der Waals surface area contributed by atoms with Gasteiger partial charge < -0.3 is 15.0 Å². The summed E-state index contributed by atoms with van der Waals surface area (Å²) in [4.78, 5) is 14.4. The van der Waals surface area contributed by atoms with E-state index in [2.05, 4.69) is 46.6 Å². The summed E-state index contributed by atoms with van der Waals surface area (Å²) < 4.78 is 5.51. The predicted molar refractivity (Wildman–Crippen MR) is 95.8 cm³/mol. The van der Waals surface area contributed by atoms with Gasteiger partial charge in [-0.15, -0.1) is 0 Å². The molecule has 0 spiro atoms. The molecule has 124 valence electrons. The van der Waals surface area contributed by atoms with E-state index < -0.39 is 0 Å². The largest absolute Gasteiger partial charge is 0.378 e. The maximum absolute atomic E-state index is 12.1. The molecule has 2 aromatic carbocycles. The van der Waals surface area contributed by atoms with Gasteiger partial charge in [0, 0.05) is 30.2 Å². The molecular weight excluding hydrogens is 300 g/mol. The lowest BCUT2D eigenvalue weighted by molar-refractivity contribution is -0.118. The maximum Gasteiger partial charge on any atom is 0.226 e. The van der Waals surface area contributed by atoms with Gasteiger partial charge in [-0.05, 0) is 55.2 Å². The van der Waals surface area contributed by atoms with Gasteiger partial charge in [-0.2, -0.15) is 0 Å². The molecule has 1 atom stereocenters. The molecule has 1 saturated heterocycles. The van der Waals surface area contributed by atoms with E-state index in [4.69, 9.17) is 4.74 Å². The minimum absolute atomic E-state index is 0.0289. The van der Waals surface area contributed by atoms with Crippen LogP contribution in [0.15, 0.2) is 48.5 Å². The van der Waals surface area contributed by atoms with Gasteiger partial charge in [-0.3, -0.25) is 4.79 Å². The molecular formula is C20H22N2O2. The number of carbonyl (C=O) groups is 1.